The Kier molecular flexibility index (Phi) is 4.60. The van der Waals surface area contributed by atoms with Gasteiger partial charge in [-0.15, -0.1) is 0 Å². The van der Waals surface area contributed by atoms with Gasteiger partial charge in [-0.1, -0.05) is 0 Å². The number of hydrogen-bond donors (Lipinski definition) is 1. The first kappa shape index (κ1) is 18.4. The van der Waals surface area contributed by atoms with Gasteiger partial charge in [0.2, 0.25) is 0 Å². The molecular weight excluding hydrogens is 373 g/mol. The van der Waals surface area contributed by atoms with Crippen LogP contribution in [0.4, 0.5) is 27.8 Å². The summed E-state index contributed by atoms with van der Waals surface area (Å²) in [6.07, 6.45) is -2.01. The number of nitrogens with zero attached hydrogens (tertiary/aromatic N) is 4. The van der Waals surface area contributed by atoms with Crippen molar-refractivity contribution in [3.05, 3.63) is 59.7 Å². The van der Waals surface area contributed by atoms with Crippen molar-refractivity contribution in [2.75, 3.05) is 5.32 Å². The van der Waals surface area contributed by atoms with Gasteiger partial charge in [0.15, 0.2) is 17.3 Å². The number of alkyl halides is 3. The van der Waals surface area contributed by atoms with Crippen LogP contribution in [0.5, 0.6) is 0 Å². The SMILES string of the molecule is Cn1nc(C(F)(F)F)cc1-c1ccc(NC(=O)c2c(F)cncc2F)nc1. The van der Waals surface area contributed by atoms with Crippen molar-refractivity contribution in [2.24, 2.45) is 7.05 Å². The summed E-state index contributed by atoms with van der Waals surface area (Å²) >= 11 is 0. The molecule has 0 aliphatic heterocycles. The zero-order valence-corrected chi connectivity index (χ0v) is 13.6. The van der Waals surface area contributed by atoms with Crippen molar-refractivity contribution >= 4 is 11.7 Å². The predicted molar refractivity (Wildman–Crippen MR) is 83.5 cm³/mol. The summed E-state index contributed by atoms with van der Waals surface area (Å²) in [5.41, 5.74) is -1.42. The number of amides is 1. The lowest BCUT2D eigenvalue weighted by molar-refractivity contribution is -0.141. The van der Waals surface area contributed by atoms with Gasteiger partial charge in [0.05, 0.1) is 18.1 Å². The normalized spacial score (nSPS) is 11.5. The molecule has 0 aromatic carbocycles. The number of hydrogen-bond acceptors (Lipinski definition) is 4. The molecule has 3 aromatic rings. The molecule has 27 heavy (non-hydrogen) atoms. The smallest absolute Gasteiger partial charge is 0.306 e. The Bertz CT molecular complexity index is 977. The molecule has 0 aliphatic carbocycles. The number of anilines is 1. The highest BCUT2D eigenvalue weighted by Crippen LogP contribution is 2.31. The van der Waals surface area contributed by atoms with Crippen LogP contribution in [-0.4, -0.2) is 25.7 Å². The van der Waals surface area contributed by atoms with Crippen LogP contribution in [0.15, 0.2) is 36.8 Å². The van der Waals surface area contributed by atoms with Crippen LogP contribution >= 0.6 is 0 Å². The molecule has 0 aliphatic rings. The third-order valence-electron chi connectivity index (χ3n) is 3.55. The van der Waals surface area contributed by atoms with E-state index in [4.69, 9.17) is 0 Å². The summed E-state index contributed by atoms with van der Waals surface area (Å²) in [6, 6.07) is 3.53. The fourth-order valence-corrected chi connectivity index (χ4v) is 2.30. The largest absolute Gasteiger partial charge is 0.435 e. The number of rotatable bonds is 3. The molecule has 0 unspecified atom stereocenters. The number of carbonyl (C=O) groups excluding carboxylic acids is 1. The van der Waals surface area contributed by atoms with Crippen LogP contribution in [-0.2, 0) is 13.2 Å². The standard InChI is InChI=1S/C16H10F5N5O/c1-26-11(4-12(25-26)16(19,20)21)8-2-3-13(23-5-8)24-15(27)14-9(17)6-22-7-10(14)18/h2-7H,1H3,(H,23,24,27). The lowest BCUT2D eigenvalue weighted by Gasteiger charge is -2.07. The van der Waals surface area contributed by atoms with Crippen LogP contribution in [0.2, 0.25) is 0 Å². The molecule has 0 atom stereocenters. The molecule has 1 amide bonds. The minimum absolute atomic E-state index is 0.0439. The quantitative estimate of drug-likeness (QED) is 0.704. The monoisotopic (exact) mass is 383 g/mol. The zero-order chi connectivity index (χ0) is 19.8. The van der Waals surface area contributed by atoms with E-state index in [1.165, 1.54) is 25.4 Å². The zero-order valence-electron chi connectivity index (χ0n) is 13.6. The first-order valence-corrected chi connectivity index (χ1v) is 7.35. The Morgan fingerprint density at radius 3 is 2.30 bits per heavy atom. The third-order valence-corrected chi connectivity index (χ3v) is 3.55. The second kappa shape index (κ2) is 6.74. The van der Waals surface area contributed by atoms with Gasteiger partial charge in [-0.3, -0.25) is 14.5 Å². The van der Waals surface area contributed by atoms with E-state index in [-0.39, 0.29) is 11.5 Å². The molecule has 3 aromatic heterocycles. The van der Waals surface area contributed by atoms with Gasteiger partial charge in [-0.25, -0.2) is 13.8 Å². The summed E-state index contributed by atoms with van der Waals surface area (Å²) in [6.45, 7) is 0. The second-order valence-corrected chi connectivity index (χ2v) is 5.40. The Morgan fingerprint density at radius 2 is 1.78 bits per heavy atom. The maximum absolute atomic E-state index is 13.5. The maximum Gasteiger partial charge on any atom is 0.435 e. The fraction of sp³-hybridized carbons (Fsp3) is 0.125. The first-order valence-electron chi connectivity index (χ1n) is 7.35. The van der Waals surface area contributed by atoms with Gasteiger partial charge in [0.25, 0.3) is 5.91 Å². The molecule has 0 saturated heterocycles. The number of aromatic nitrogens is 4. The van der Waals surface area contributed by atoms with E-state index in [9.17, 15) is 26.7 Å². The highest BCUT2D eigenvalue weighted by molar-refractivity contribution is 6.04. The number of halogens is 5. The Labute approximate surface area is 148 Å². The topological polar surface area (TPSA) is 72.7 Å². The van der Waals surface area contributed by atoms with Crippen LogP contribution in [0.25, 0.3) is 11.3 Å². The van der Waals surface area contributed by atoms with Crippen molar-refractivity contribution in [1.29, 1.82) is 0 Å². The molecule has 3 heterocycles. The van der Waals surface area contributed by atoms with Gasteiger partial charge in [-0.2, -0.15) is 18.3 Å². The van der Waals surface area contributed by atoms with E-state index in [0.29, 0.717) is 18.0 Å². The van der Waals surface area contributed by atoms with Crippen molar-refractivity contribution in [3.8, 4) is 11.3 Å². The highest BCUT2D eigenvalue weighted by Gasteiger charge is 2.34. The minimum atomic E-state index is -4.59. The second-order valence-electron chi connectivity index (χ2n) is 5.40. The van der Waals surface area contributed by atoms with Crippen LogP contribution in [0.3, 0.4) is 0 Å². The van der Waals surface area contributed by atoms with E-state index < -0.39 is 35.0 Å². The molecule has 0 fully saturated rings. The van der Waals surface area contributed by atoms with Crippen molar-refractivity contribution in [2.45, 2.75) is 6.18 Å². The van der Waals surface area contributed by atoms with Crippen molar-refractivity contribution in [3.63, 3.8) is 0 Å². The Hall–Kier alpha value is -3.37. The summed E-state index contributed by atoms with van der Waals surface area (Å²) in [7, 11) is 1.34. The van der Waals surface area contributed by atoms with E-state index in [2.05, 4.69) is 20.4 Å². The Balaban J connectivity index is 1.82. The molecule has 0 spiro atoms. The summed E-state index contributed by atoms with van der Waals surface area (Å²) < 4.78 is 66.3. The Morgan fingerprint density at radius 1 is 1.11 bits per heavy atom. The molecule has 6 nitrogen and oxygen atoms in total. The van der Waals surface area contributed by atoms with Gasteiger partial charge in [0, 0.05) is 18.8 Å². The molecule has 3 rings (SSSR count). The lowest BCUT2D eigenvalue weighted by atomic mass is 10.2. The molecule has 1 N–H and O–H groups in total. The summed E-state index contributed by atoms with van der Waals surface area (Å²) in [5, 5.41) is 5.60. The van der Waals surface area contributed by atoms with Gasteiger partial charge >= 0.3 is 6.18 Å². The summed E-state index contributed by atoms with van der Waals surface area (Å²) in [5.74, 6) is -3.40. The molecule has 11 heteroatoms. The molecule has 140 valence electrons. The number of carbonyl (C=O) groups is 1. The number of nitrogens with one attached hydrogen (secondary N) is 1. The first-order chi connectivity index (χ1) is 12.7. The lowest BCUT2D eigenvalue weighted by Crippen LogP contribution is -2.17. The van der Waals surface area contributed by atoms with E-state index in [0.717, 1.165) is 10.7 Å². The highest BCUT2D eigenvalue weighted by atomic mass is 19.4. The van der Waals surface area contributed by atoms with Crippen molar-refractivity contribution < 1.29 is 26.7 Å². The molecule has 0 radical (unpaired) electrons. The molecule has 0 bridgehead atoms. The van der Waals surface area contributed by atoms with E-state index >= 15 is 0 Å². The molecule has 0 saturated carbocycles. The van der Waals surface area contributed by atoms with Gasteiger partial charge in [-0.05, 0) is 18.2 Å². The van der Waals surface area contributed by atoms with Crippen LogP contribution in [0.1, 0.15) is 16.1 Å². The van der Waals surface area contributed by atoms with Gasteiger partial charge < -0.3 is 5.32 Å². The maximum atomic E-state index is 13.5. The van der Waals surface area contributed by atoms with Crippen molar-refractivity contribution in [1.82, 2.24) is 19.7 Å². The van der Waals surface area contributed by atoms with Gasteiger partial charge in [0.1, 0.15) is 11.4 Å². The fourth-order valence-electron chi connectivity index (χ4n) is 2.30. The summed E-state index contributed by atoms with van der Waals surface area (Å²) in [4.78, 5) is 19.1. The predicted octanol–water partition coefficient (Wildman–Crippen LogP) is 3.43. The van der Waals surface area contributed by atoms with E-state index in [1.54, 1.807) is 0 Å². The average molecular weight is 383 g/mol. The van der Waals surface area contributed by atoms with Crippen LogP contribution < -0.4 is 5.32 Å². The minimum Gasteiger partial charge on any atom is -0.306 e. The number of pyridine rings is 2. The van der Waals surface area contributed by atoms with Crippen LogP contribution in [0, 0.1) is 11.6 Å². The third kappa shape index (κ3) is 3.76. The average Bonchev–Trinajstić information content (AvgIpc) is 2.97. The molecular formula is C16H10F5N5O. The number of aryl methyl sites for hydroxylation is 1. The van der Waals surface area contributed by atoms with E-state index in [1.807, 2.05) is 0 Å².